The molecule has 6 nitrogen and oxygen atoms in total. The fourth-order valence-electron chi connectivity index (χ4n) is 5.60. The Morgan fingerprint density at radius 1 is 0.829 bits per heavy atom. The van der Waals surface area contributed by atoms with Gasteiger partial charge in [0.15, 0.2) is 0 Å². The molecule has 218 valence electrons. The number of halogens is 3. The summed E-state index contributed by atoms with van der Waals surface area (Å²) in [5, 5.41) is 0. The molecule has 1 amide bonds. The summed E-state index contributed by atoms with van der Waals surface area (Å²) >= 11 is 0. The molecule has 2 aliphatic rings. The van der Waals surface area contributed by atoms with E-state index in [9.17, 15) is 18.0 Å². The van der Waals surface area contributed by atoms with Gasteiger partial charge in [-0.1, -0.05) is 30.3 Å². The largest absolute Gasteiger partial charge is 0.490 e. The zero-order valence-electron chi connectivity index (χ0n) is 23.0. The molecule has 41 heavy (non-hydrogen) atoms. The molecular formula is C32H36F3N3O3. The van der Waals surface area contributed by atoms with Crippen molar-refractivity contribution < 1.29 is 27.4 Å². The molecule has 9 heteroatoms. The Balaban J connectivity index is 1.01. The normalized spacial score (nSPS) is 17.4. The van der Waals surface area contributed by atoms with Crippen molar-refractivity contribution in [3.05, 3.63) is 83.9 Å². The number of nitrogen functional groups attached to an aromatic ring is 1. The van der Waals surface area contributed by atoms with Crippen molar-refractivity contribution in [3.63, 3.8) is 0 Å². The van der Waals surface area contributed by atoms with Crippen molar-refractivity contribution in [1.29, 1.82) is 0 Å². The third-order valence-electron chi connectivity index (χ3n) is 7.99. The molecule has 0 aliphatic carbocycles. The summed E-state index contributed by atoms with van der Waals surface area (Å²) in [5.41, 5.74) is 5.58. The minimum atomic E-state index is -4.53. The van der Waals surface area contributed by atoms with Crippen molar-refractivity contribution in [1.82, 2.24) is 9.80 Å². The van der Waals surface area contributed by atoms with Gasteiger partial charge in [-0.2, -0.15) is 13.2 Å². The van der Waals surface area contributed by atoms with Crippen molar-refractivity contribution in [3.8, 4) is 17.2 Å². The molecule has 3 aromatic carbocycles. The van der Waals surface area contributed by atoms with E-state index in [0.29, 0.717) is 38.3 Å². The number of anilines is 1. The lowest BCUT2D eigenvalue weighted by Gasteiger charge is -2.34. The van der Waals surface area contributed by atoms with E-state index >= 15 is 0 Å². The van der Waals surface area contributed by atoms with Crippen molar-refractivity contribution in [2.45, 2.75) is 50.3 Å². The quantitative estimate of drug-likeness (QED) is 0.306. The summed E-state index contributed by atoms with van der Waals surface area (Å²) in [5.74, 6) is 2.41. The molecule has 0 unspecified atom stereocenters. The maximum Gasteiger partial charge on any atom is 0.418 e. The maximum atomic E-state index is 13.1. The van der Waals surface area contributed by atoms with Gasteiger partial charge in [0.25, 0.3) is 0 Å². The Hall–Kier alpha value is -3.72. The number of carbonyl (C=O) groups excluding carboxylic acids is 1. The summed E-state index contributed by atoms with van der Waals surface area (Å²) in [4.78, 5) is 17.1. The average molecular weight is 568 g/mol. The summed E-state index contributed by atoms with van der Waals surface area (Å²) in [6, 6.07) is 21.7. The minimum absolute atomic E-state index is 0.117. The van der Waals surface area contributed by atoms with Crippen molar-refractivity contribution in [2.75, 3.05) is 38.5 Å². The topological polar surface area (TPSA) is 68.0 Å². The van der Waals surface area contributed by atoms with Gasteiger partial charge >= 0.3 is 6.18 Å². The van der Waals surface area contributed by atoms with E-state index in [1.807, 2.05) is 47.4 Å². The van der Waals surface area contributed by atoms with Crippen LogP contribution < -0.4 is 15.2 Å². The number of ether oxygens (including phenoxy) is 2. The van der Waals surface area contributed by atoms with Crippen molar-refractivity contribution >= 4 is 11.6 Å². The van der Waals surface area contributed by atoms with Crippen LogP contribution >= 0.6 is 0 Å². The summed E-state index contributed by atoms with van der Waals surface area (Å²) in [7, 11) is 0. The summed E-state index contributed by atoms with van der Waals surface area (Å²) < 4.78 is 51.1. The van der Waals surface area contributed by atoms with E-state index in [4.69, 9.17) is 15.2 Å². The fourth-order valence-corrected chi connectivity index (χ4v) is 5.60. The predicted octanol–water partition coefficient (Wildman–Crippen LogP) is 6.72. The second-order valence-corrected chi connectivity index (χ2v) is 10.8. The van der Waals surface area contributed by atoms with Gasteiger partial charge in [0.1, 0.15) is 23.4 Å². The average Bonchev–Trinajstić information content (AvgIpc) is 2.98. The van der Waals surface area contributed by atoms with Gasteiger partial charge in [0.2, 0.25) is 5.91 Å². The zero-order chi connectivity index (χ0) is 28.8. The molecule has 3 aromatic rings. The number of piperidine rings is 2. The van der Waals surface area contributed by atoms with Crippen LogP contribution in [0.25, 0.3) is 0 Å². The molecule has 0 spiro atoms. The second-order valence-electron chi connectivity index (χ2n) is 10.8. The molecule has 2 saturated heterocycles. The lowest BCUT2D eigenvalue weighted by molar-refractivity contribution is -0.137. The standard InChI is InChI=1S/C32H36F3N3O3/c33-32(34,35)29-22-28(10-11-30(29)36)41-27-14-20-38(21-15-27)31(39)16-19-37-17-12-24(13-18-37)23-6-8-26(9-7-23)40-25-4-2-1-3-5-25/h1-11,22,24,27H,12-21,36H2. The number of amides is 1. The van der Waals surface area contributed by atoms with Gasteiger partial charge in [-0.25, -0.2) is 0 Å². The van der Waals surface area contributed by atoms with E-state index in [1.165, 1.54) is 17.7 Å². The zero-order valence-corrected chi connectivity index (χ0v) is 23.0. The van der Waals surface area contributed by atoms with Crippen LogP contribution in [-0.4, -0.2) is 54.5 Å². The number of para-hydroxylation sites is 1. The lowest BCUT2D eigenvalue weighted by atomic mass is 9.89. The van der Waals surface area contributed by atoms with Gasteiger partial charge in [-0.3, -0.25) is 4.79 Å². The number of nitrogens with two attached hydrogens (primary N) is 1. The molecule has 0 aromatic heterocycles. The lowest BCUT2D eigenvalue weighted by Crippen LogP contribution is -2.43. The number of alkyl halides is 3. The first-order valence-corrected chi connectivity index (χ1v) is 14.2. The fraction of sp³-hybridized carbons (Fsp3) is 0.406. The van der Waals surface area contributed by atoms with Crippen LogP contribution in [0.15, 0.2) is 72.8 Å². The van der Waals surface area contributed by atoms with Crippen LogP contribution in [0.2, 0.25) is 0 Å². The molecule has 0 atom stereocenters. The highest BCUT2D eigenvalue weighted by Crippen LogP contribution is 2.36. The highest BCUT2D eigenvalue weighted by Gasteiger charge is 2.34. The smallest absolute Gasteiger partial charge is 0.418 e. The number of nitrogens with zero attached hydrogens (tertiary/aromatic N) is 2. The summed E-state index contributed by atoms with van der Waals surface area (Å²) in [6.07, 6.45) is -1.03. The third-order valence-corrected chi connectivity index (χ3v) is 7.99. The Morgan fingerprint density at radius 2 is 1.46 bits per heavy atom. The number of likely N-dealkylation sites (tertiary alicyclic amines) is 2. The second kappa shape index (κ2) is 12.9. The number of hydrogen-bond donors (Lipinski definition) is 1. The molecule has 5 rings (SSSR count). The molecule has 0 radical (unpaired) electrons. The Labute approximate surface area is 238 Å². The van der Waals surface area contributed by atoms with E-state index in [1.54, 1.807) is 0 Å². The number of benzene rings is 3. The maximum absolute atomic E-state index is 13.1. The SMILES string of the molecule is Nc1ccc(OC2CCN(C(=O)CCN3CCC(c4ccc(Oc5ccccc5)cc4)CC3)CC2)cc1C(F)(F)F. The molecule has 0 saturated carbocycles. The Bertz CT molecular complexity index is 1290. The van der Waals surface area contributed by atoms with Gasteiger partial charge in [0, 0.05) is 44.6 Å². The summed E-state index contributed by atoms with van der Waals surface area (Å²) in [6.45, 7) is 3.72. The first kappa shape index (κ1) is 28.8. The van der Waals surface area contributed by atoms with E-state index in [-0.39, 0.29) is 23.4 Å². The van der Waals surface area contributed by atoms with Gasteiger partial charge < -0.3 is 25.0 Å². The number of rotatable bonds is 8. The monoisotopic (exact) mass is 567 g/mol. The highest BCUT2D eigenvalue weighted by molar-refractivity contribution is 5.76. The molecular weight excluding hydrogens is 531 g/mol. The Kier molecular flexibility index (Phi) is 9.03. The van der Waals surface area contributed by atoms with Crippen LogP contribution in [0.1, 0.15) is 49.1 Å². The van der Waals surface area contributed by atoms with Crippen LogP contribution in [0.5, 0.6) is 17.2 Å². The van der Waals surface area contributed by atoms with E-state index in [2.05, 4.69) is 17.0 Å². The van der Waals surface area contributed by atoms with Gasteiger partial charge in [0.05, 0.1) is 5.56 Å². The minimum Gasteiger partial charge on any atom is -0.490 e. The van der Waals surface area contributed by atoms with Crippen LogP contribution in [0.4, 0.5) is 18.9 Å². The van der Waals surface area contributed by atoms with Crippen LogP contribution in [-0.2, 0) is 11.0 Å². The van der Waals surface area contributed by atoms with E-state index < -0.39 is 11.7 Å². The Morgan fingerprint density at radius 3 is 2.12 bits per heavy atom. The van der Waals surface area contributed by atoms with Crippen LogP contribution in [0, 0.1) is 0 Å². The molecule has 2 aliphatic heterocycles. The van der Waals surface area contributed by atoms with Gasteiger partial charge in [-0.05, 0) is 79.9 Å². The number of carbonyl (C=O) groups is 1. The molecule has 2 N–H and O–H groups in total. The molecule has 2 fully saturated rings. The van der Waals surface area contributed by atoms with Crippen LogP contribution in [0.3, 0.4) is 0 Å². The first-order valence-electron chi connectivity index (χ1n) is 14.2. The molecule has 2 heterocycles. The number of hydrogen-bond acceptors (Lipinski definition) is 5. The first-order chi connectivity index (χ1) is 19.7. The molecule has 0 bridgehead atoms. The van der Waals surface area contributed by atoms with Gasteiger partial charge in [-0.15, -0.1) is 0 Å². The predicted molar refractivity (Wildman–Crippen MR) is 152 cm³/mol. The third kappa shape index (κ3) is 7.73. The van der Waals surface area contributed by atoms with E-state index in [0.717, 1.165) is 50.0 Å². The van der Waals surface area contributed by atoms with Crippen molar-refractivity contribution in [2.24, 2.45) is 0 Å². The highest BCUT2D eigenvalue weighted by atomic mass is 19.4.